The monoisotopic (exact) mass is 540 g/mol. The number of rotatable bonds is 6. The van der Waals surface area contributed by atoms with Crippen molar-refractivity contribution in [3.05, 3.63) is 87.6 Å². The number of nitrogens with one attached hydrogen (secondary N) is 1. The van der Waals surface area contributed by atoms with Gasteiger partial charge in [0.2, 0.25) is 5.91 Å². The van der Waals surface area contributed by atoms with Crippen molar-refractivity contribution in [3.8, 4) is 0 Å². The molecular formula is C20H15Br2FN2O3S. The van der Waals surface area contributed by atoms with Gasteiger partial charge in [-0.3, -0.25) is 9.10 Å². The second kappa shape index (κ2) is 9.06. The van der Waals surface area contributed by atoms with Crippen molar-refractivity contribution in [2.45, 2.75) is 4.90 Å². The number of sulfonamides is 1. The third-order valence-corrected chi connectivity index (χ3v) is 6.69. The van der Waals surface area contributed by atoms with Crippen LogP contribution in [0.2, 0.25) is 0 Å². The van der Waals surface area contributed by atoms with Gasteiger partial charge in [0.1, 0.15) is 12.4 Å². The smallest absolute Gasteiger partial charge is 0.264 e. The Kier molecular flexibility index (Phi) is 6.71. The molecule has 3 aromatic carbocycles. The Bertz CT molecular complexity index is 1140. The molecule has 0 radical (unpaired) electrons. The van der Waals surface area contributed by atoms with Crippen molar-refractivity contribution in [1.82, 2.24) is 0 Å². The van der Waals surface area contributed by atoms with Gasteiger partial charge in [-0.25, -0.2) is 12.8 Å². The third-order valence-electron chi connectivity index (χ3n) is 3.92. The topological polar surface area (TPSA) is 66.5 Å². The molecule has 5 nitrogen and oxygen atoms in total. The highest BCUT2D eigenvalue weighted by Gasteiger charge is 2.27. The van der Waals surface area contributed by atoms with Crippen molar-refractivity contribution in [2.75, 3.05) is 16.2 Å². The zero-order valence-electron chi connectivity index (χ0n) is 14.8. The molecule has 0 aliphatic heterocycles. The van der Waals surface area contributed by atoms with Gasteiger partial charge in [0.15, 0.2) is 0 Å². The molecule has 9 heteroatoms. The Balaban J connectivity index is 1.94. The number of amides is 1. The zero-order chi connectivity index (χ0) is 21.0. The average Bonchev–Trinajstić information content (AvgIpc) is 2.69. The summed E-state index contributed by atoms with van der Waals surface area (Å²) < 4.78 is 42.6. The predicted octanol–water partition coefficient (Wildman–Crippen LogP) is 5.18. The van der Waals surface area contributed by atoms with Crippen LogP contribution in [0.4, 0.5) is 15.8 Å². The molecule has 0 aliphatic rings. The molecule has 0 unspecified atom stereocenters. The molecule has 0 spiro atoms. The predicted molar refractivity (Wildman–Crippen MR) is 118 cm³/mol. The summed E-state index contributed by atoms with van der Waals surface area (Å²) >= 11 is 6.46. The van der Waals surface area contributed by atoms with Crippen LogP contribution in [0.5, 0.6) is 0 Å². The van der Waals surface area contributed by atoms with Crippen LogP contribution in [0.1, 0.15) is 0 Å². The van der Waals surface area contributed by atoms with Crippen LogP contribution in [0.3, 0.4) is 0 Å². The van der Waals surface area contributed by atoms with E-state index in [-0.39, 0.29) is 10.6 Å². The summed E-state index contributed by atoms with van der Waals surface area (Å²) in [5.41, 5.74) is 0.263. The maximum atomic E-state index is 14.0. The second-order valence-corrected chi connectivity index (χ2v) is 9.67. The Morgan fingerprint density at radius 1 is 0.931 bits per heavy atom. The van der Waals surface area contributed by atoms with Gasteiger partial charge in [-0.05, 0) is 48.5 Å². The number of hydrogen-bond donors (Lipinski definition) is 1. The molecular weight excluding hydrogens is 527 g/mol. The standard InChI is InChI=1S/C20H15Br2FN2O3S/c21-14-5-4-6-16(11-14)25(29(27,28)17-7-2-1-3-8-17)13-20(26)24-19-10-9-15(22)12-18(19)23/h1-12H,13H2,(H,24,26). The van der Waals surface area contributed by atoms with Gasteiger partial charge in [-0.1, -0.05) is 56.1 Å². The molecule has 0 heterocycles. The lowest BCUT2D eigenvalue weighted by molar-refractivity contribution is -0.114. The fourth-order valence-electron chi connectivity index (χ4n) is 2.58. The highest BCUT2D eigenvalue weighted by atomic mass is 79.9. The van der Waals surface area contributed by atoms with Crippen LogP contribution in [-0.4, -0.2) is 20.9 Å². The van der Waals surface area contributed by atoms with E-state index in [1.54, 1.807) is 48.5 Å². The molecule has 150 valence electrons. The molecule has 0 fully saturated rings. The number of carbonyl (C=O) groups excluding carboxylic acids is 1. The van der Waals surface area contributed by atoms with Crippen molar-refractivity contribution >= 4 is 59.2 Å². The van der Waals surface area contributed by atoms with Crippen molar-refractivity contribution in [2.24, 2.45) is 0 Å². The molecule has 3 aromatic rings. The van der Waals surface area contributed by atoms with E-state index in [9.17, 15) is 17.6 Å². The van der Waals surface area contributed by atoms with Crippen molar-refractivity contribution in [1.29, 1.82) is 0 Å². The van der Waals surface area contributed by atoms with Crippen molar-refractivity contribution in [3.63, 3.8) is 0 Å². The Morgan fingerprint density at radius 3 is 2.28 bits per heavy atom. The lowest BCUT2D eigenvalue weighted by Gasteiger charge is -2.24. The van der Waals surface area contributed by atoms with E-state index in [2.05, 4.69) is 37.2 Å². The average molecular weight is 542 g/mol. The maximum absolute atomic E-state index is 14.0. The van der Waals surface area contributed by atoms with Gasteiger partial charge in [0, 0.05) is 8.95 Å². The number of anilines is 2. The van der Waals surface area contributed by atoms with E-state index >= 15 is 0 Å². The summed E-state index contributed by atoms with van der Waals surface area (Å²) in [6.45, 7) is -0.525. The third kappa shape index (κ3) is 5.23. The van der Waals surface area contributed by atoms with Gasteiger partial charge in [-0.2, -0.15) is 0 Å². The quantitative estimate of drug-likeness (QED) is 0.467. The van der Waals surface area contributed by atoms with Crippen LogP contribution in [0.15, 0.2) is 86.6 Å². The SMILES string of the molecule is O=C(CN(c1cccc(Br)c1)S(=O)(=O)c1ccccc1)Nc1ccc(Br)cc1F. The molecule has 3 rings (SSSR count). The molecule has 0 saturated carbocycles. The first-order valence-electron chi connectivity index (χ1n) is 8.35. The van der Waals surface area contributed by atoms with Gasteiger partial charge in [0.25, 0.3) is 10.0 Å². The summed E-state index contributed by atoms with van der Waals surface area (Å²) in [4.78, 5) is 12.6. The normalized spacial score (nSPS) is 11.1. The number of halogens is 3. The van der Waals surface area contributed by atoms with Gasteiger partial charge in [-0.15, -0.1) is 0 Å². The van der Waals surface area contributed by atoms with E-state index in [0.29, 0.717) is 14.6 Å². The van der Waals surface area contributed by atoms with Crippen LogP contribution in [0.25, 0.3) is 0 Å². The Morgan fingerprint density at radius 2 is 1.62 bits per heavy atom. The van der Waals surface area contributed by atoms with E-state index in [1.807, 2.05) is 0 Å². The largest absolute Gasteiger partial charge is 0.322 e. The van der Waals surface area contributed by atoms with Gasteiger partial charge >= 0.3 is 0 Å². The van der Waals surface area contributed by atoms with Crippen molar-refractivity contribution < 1.29 is 17.6 Å². The first-order chi connectivity index (χ1) is 13.8. The Hall–Kier alpha value is -2.23. The number of benzene rings is 3. The zero-order valence-corrected chi connectivity index (χ0v) is 18.8. The molecule has 0 atom stereocenters. The minimum atomic E-state index is -4.02. The summed E-state index contributed by atoms with van der Waals surface area (Å²) in [6, 6.07) is 18.6. The van der Waals surface area contributed by atoms with Crippen LogP contribution >= 0.6 is 31.9 Å². The van der Waals surface area contributed by atoms with Crippen LogP contribution in [0, 0.1) is 5.82 Å². The molecule has 0 bridgehead atoms. The first kappa shape index (κ1) is 21.5. The molecule has 0 aliphatic carbocycles. The lowest BCUT2D eigenvalue weighted by Crippen LogP contribution is -2.38. The van der Waals surface area contributed by atoms with E-state index in [0.717, 1.165) is 4.31 Å². The van der Waals surface area contributed by atoms with E-state index < -0.39 is 28.3 Å². The maximum Gasteiger partial charge on any atom is 0.264 e. The number of hydrogen-bond acceptors (Lipinski definition) is 3. The summed E-state index contributed by atoms with van der Waals surface area (Å²) in [5, 5.41) is 2.42. The fraction of sp³-hybridized carbons (Fsp3) is 0.0500. The van der Waals surface area contributed by atoms with Crippen LogP contribution in [-0.2, 0) is 14.8 Å². The fourth-order valence-corrected chi connectivity index (χ4v) is 4.73. The first-order valence-corrected chi connectivity index (χ1v) is 11.4. The summed E-state index contributed by atoms with van der Waals surface area (Å²) in [7, 11) is -4.02. The molecule has 0 saturated heterocycles. The Labute approximate surface area is 184 Å². The van der Waals surface area contributed by atoms with E-state index in [1.165, 1.54) is 24.3 Å². The molecule has 1 amide bonds. The molecule has 29 heavy (non-hydrogen) atoms. The number of carbonyl (C=O) groups is 1. The molecule has 1 N–H and O–H groups in total. The highest BCUT2D eigenvalue weighted by Crippen LogP contribution is 2.26. The number of nitrogens with zero attached hydrogens (tertiary/aromatic N) is 1. The van der Waals surface area contributed by atoms with Gasteiger partial charge in [0.05, 0.1) is 16.3 Å². The minimum Gasteiger partial charge on any atom is -0.322 e. The summed E-state index contributed by atoms with van der Waals surface area (Å²) in [5.74, 6) is -1.31. The molecule has 0 aromatic heterocycles. The highest BCUT2D eigenvalue weighted by molar-refractivity contribution is 9.10. The van der Waals surface area contributed by atoms with E-state index in [4.69, 9.17) is 0 Å². The minimum absolute atomic E-state index is 0.0375. The van der Waals surface area contributed by atoms with Crippen LogP contribution < -0.4 is 9.62 Å². The lowest BCUT2D eigenvalue weighted by atomic mass is 10.3. The van der Waals surface area contributed by atoms with Gasteiger partial charge < -0.3 is 5.32 Å². The summed E-state index contributed by atoms with van der Waals surface area (Å²) in [6.07, 6.45) is 0. The second-order valence-electron chi connectivity index (χ2n) is 5.98.